The van der Waals surface area contributed by atoms with Gasteiger partial charge in [0.1, 0.15) is 5.58 Å². The topological polar surface area (TPSA) is 39.4 Å². The summed E-state index contributed by atoms with van der Waals surface area (Å²) in [6.45, 7) is 1.94. The highest BCUT2D eigenvalue weighted by Gasteiger charge is 2.08. The summed E-state index contributed by atoms with van der Waals surface area (Å²) >= 11 is 0. The zero-order valence-electron chi connectivity index (χ0n) is 8.03. The molecular weight excluding hydrogens is 180 g/mol. The van der Waals surface area contributed by atoms with Crippen LogP contribution in [0, 0.1) is 6.92 Å². The number of aryl methyl sites for hydroxylation is 1. The van der Waals surface area contributed by atoms with Gasteiger partial charge in [-0.05, 0) is 30.7 Å². The molecule has 0 aliphatic rings. The second-order valence-electron chi connectivity index (χ2n) is 3.12. The zero-order chi connectivity index (χ0) is 10.1. The smallest absolute Gasteiger partial charge is 0.337 e. The Hall–Kier alpha value is -1.77. The number of esters is 1. The van der Waals surface area contributed by atoms with E-state index in [0.29, 0.717) is 5.56 Å². The van der Waals surface area contributed by atoms with Crippen molar-refractivity contribution in [1.82, 2.24) is 0 Å². The van der Waals surface area contributed by atoms with Crippen molar-refractivity contribution in [1.29, 1.82) is 0 Å². The fourth-order valence-electron chi connectivity index (χ4n) is 1.40. The van der Waals surface area contributed by atoms with Gasteiger partial charge >= 0.3 is 5.97 Å². The standard InChI is InChI=1S/C11H10O3/c1-7-6-14-10-4-3-8(5-9(7)10)11(12)13-2/h3-6H,1-2H3. The van der Waals surface area contributed by atoms with Gasteiger partial charge in [0, 0.05) is 5.39 Å². The van der Waals surface area contributed by atoms with Gasteiger partial charge in [-0.2, -0.15) is 0 Å². The third kappa shape index (κ3) is 1.27. The van der Waals surface area contributed by atoms with E-state index in [1.807, 2.05) is 6.92 Å². The first kappa shape index (κ1) is 8.81. The lowest BCUT2D eigenvalue weighted by molar-refractivity contribution is 0.0601. The van der Waals surface area contributed by atoms with E-state index in [9.17, 15) is 4.79 Å². The molecule has 14 heavy (non-hydrogen) atoms. The fraction of sp³-hybridized carbons (Fsp3) is 0.182. The first-order valence-corrected chi connectivity index (χ1v) is 4.28. The van der Waals surface area contributed by atoms with Gasteiger partial charge in [0.2, 0.25) is 0 Å². The van der Waals surface area contributed by atoms with Crippen LogP contribution in [-0.4, -0.2) is 13.1 Å². The van der Waals surface area contributed by atoms with Crippen molar-refractivity contribution >= 4 is 16.9 Å². The Morgan fingerprint density at radius 1 is 1.43 bits per heavy atom. The minimum Gasteiger partial charge on any atom is -0.465 e. The number of hydrogen-bond donors (Lipinski definition) is 0. The highest BCUT2D eigenvalue weighted by Crippen LogP contribution is 2.21. The molecule has 2 rings (SSSR count). The van der Waals surface area contributed by atoms with E-state index < -0.39 is 0 Å². The molecule has 0 aliphatic carbocycles. The van der Waals surface area contributed by atoms with E-state index in [1.165, 1.54) is 7.11 Å². The highest BCUT2D eigenvalue weighted by molar-refractivity contribution is 5.94. The molecule has 0 fully saturated rings. The number of rotatable bonds is 1. The van der Waals surface area contributed by atoms with E-state index in [0.717, 1.165) is 16.5 Å². The molecular formula is C11H10O3. The van der Waals surface area contributed by atoms with Gasteiger partial charge in [-0.3, -0.25) is 0 Å². The van der Waals surface area contributed by atoms with Gasteiger partial charge in [-0.1, -0.05) is 0 Å². The average molecular weight is 190 g/mol. The zero-order valence-corrected chi connectivity index (χ0v) is 8.03. The SMILES string of the molecule is COC(=O)c1ccc2occ(C)c2c1. The van der Waals surface area contributed by atoms with Gasteiger partial charge in [0.05, 0.1) is 18.9 Å². The molecule has 0 aliphatic heterocycles. The van der Waals surface area contributed by atoms with Crippen molar-refractivity contribution in [2.75, 3.05) is 7.11 Å². The molecule has 3 nitrogen and oxygen atoms in total. The summed E-state index contributed by atoms with van der Waals surface area (Å²) < 4.78 is 9.90. The highest BCUT2D eigenvalue weighted by atomic mass is 16.5. The molecule has 0 radical (unpaired) electrons. The summed E-state index contributed by atoms with van der Waals surface area (Å²) in [5.41, 5.74) is 2.35. The Kier molecular flexibility index (Phi) is 2.00. The van der Waals surface area contributed by atoms with E-state index >= 15 is 0 Å². The Labute approximate surface area is 81.3 Å². The Morgan fingerprint density at radius 3 is 2.93 bits per heavy atom. The Balaban J connectivity index is 2.60. The lowest BCUT2D eigenvalue weighted by atomic mass is 10.1. The number of ether oxygens (including phenoxy) is 1. The van der Waals surface area contributed by atoms with Crippen LogP contribution in [0.1, 0.15) is 15.9 Å². The van der Waals surface area contributed by atoms with Crippen molar-refractivity contribution in [2.24, 2.45) is 0 Å². The number of methoxy groups -OCH3 is 1. The first-order valence-electron chi connectivity index (χ1n) is 4.28. The molecule has 0 atom stereocenters. The predicted molar refractivity (Wildman–Crippen MR) is 52.3 cm³/mol. The van der Waals surface area contributed by atoms with Crippen molar-refractivity contribution in [2.45, 2.75) is 6.92 Å². The van der Waals surface area contributed by atoms with Crippen LogP contribution in [0.5, 0.6) is 0 Å². The third-order valence-electron chi connectivity index (χ3n) is 2.19. The Morgan fingerprint density at radius 2 is 2.21 bits per heavy atom. The predicted octanol–water partition coefficient (Wildman–Crippen LogP) is 2.53. The molecule has 0 saturated carbocycles. The number of benzene rings is 1. The number of fused-ring (bicyclic) bond motifs is 1. The quantitative estimate of drug-likeness (QED) is 0.648. The largest absolute Gasteiger partial charge is 0.465 e. The number of hydrogen-bond acceptors (Lipinski definition) is 3. The van der Waals surface area contributed by atoms with Crippen LogP contribution in [0.15, 0.2) is 28.9 Å². The van der Waals surface area contributed by atoms with Gasteiger partial charge in [0.25, 0.3) is 0 Å². The maximum absolute atomic E-state index is 11.2. The maximum atomic E-state index is 11.2. The van der Waals surface area contributed by atoms with Gasteiger partial charge in [-0.25, -0.2) is 4.79 Å². The van der Waals surface area contributed by atoms with Crippen LogP contribution in [0.4, 0.5) is 0 Å². The second-order valence-corrected chi connectivity index (χ2v) is 3.12. The van der Waals surface area contributed by atoms with Gasteiger partial charge in [-0.15, -0.1) is 0 Å². The molecule has 0 N–H and O–H groups in total. The van der Waals surface area contributed by atoms with Gasteiger partial charge in [0.15, 0.2) is 0 Å². The second kappa shape index (κ2) is 3.18. The summed E-state index contributed by atoms with van der Waals surface area (Å²) in [5.74, 6) is -0.326. The Bertz CT molecular complexity index is 482. The number of furan rings is 1. The van der Waals surface area contributed by atoms with Crippen LogP contribution < -0.4 is 0 Å². The summed E-state index contributed by atoms with van der Waals surface area (Å²) in [5, 5.41) is 0.952. The summed E-state index contributed by atoms with van der Waals surface area (Å²) in [4.78, 5) is 11.2. The lowest BCUT2D eigenvalue weighted by Gasteiger charge is -1.98. The van der Waals surface area contributed by atoms with Crippen LogP contribution in [0.3, 0.4) is 0 Å². The molecule has 1 aromatic carbocycles. The summed E-state index contributed by atoms with van der Waals surface area (Å²) in [6.07, 6.45) is 1.67. The minimum absolute atomic E-state index is 0.326. The van der Waals surface area contributed by atoms with Gasteiger partial charge < -0.3 is 9.15 Å². The molecule has 3 heteroatoms. The number of carbonyl (C=O) groups excluding carboxylic acids is 1. The minimum atomic E-state index is -0.326. The van der Waals surface area contributed by atoms with Crippen LogP contribution >= 0.6 is 0 Å². The normalized spacial score (nSPS) is 10.4. The first-order chi connectivity index (χ1) is 6.72. The van der Waals surface area contributed by atoms with E-state index in [2.05, 4.69) is 4.74 Å². The van der Waals surface area contributed by atoms with Crippen molar-refractivity contribution < 1.29 is 13.9 Å². The van der Waals surface area contributed by atoms with Crippen molar-refractivity contribution in [3.8, 4) is 0 Å². The average Bonchev–Trinajstić information content (AvgIpc) is 2.59. The lowest BCUT2D eigenvalue weighted by Crippen LogP contribution is -2.00. The van der Waals surface area contributed by atoms with Crippen LogP contribution in [0.25, 0.3) is 11.0 Å². The summed E-state index contributed by atoms with van der Waals surface area (Å²) in [7, 11) is 1.37. The summed E-state index contributed by atoms with van der Waals surface area (Å²) in [6, 6.07) is 5.24. The fourth-order valence-corrected chi connectivity index (χ4v) is 1.40. The number of carbonyl (C=O) groups is 1. The molecule has 0 spiro atoms. The molecule has 0 saturated heterocycles. The van der Waals surface area contributed by atoms with Crippen molar-refractivity contribution in [3.05, 3.63) is 35.6 Å². The van der Waals surface area contributed by atoms with E-state index in [1.54, 1.807) is 24.5 Å². The van der Waals surface area contributed by atoms with Crippen LogP contribution in [-0.2, 0) is 4.74 Å². The van der Waals surface area contributed by atoms with Crippen molar-refractivity contribution in [3.63, 3.8) is 0 Å². The van der Waals surface area contributed by atoms with Crippen LogP contribution in [0.2, 0.25) is 0 Å². The molecule has 72 valence electrons. The third-order valence-corrected chi connectivity index (χ3v) is 2.19. The molecule has 0 unspecified atom stereocenters. The molecule has 0 amide bonds. The van der Waals surface area contributed by atoms with E-state index in [-0.39, 0.29) is 5.97 Å². The molecule has 1 heterocycles. The molecule has 0 bridgehead atoms. The molecule has 2 aromatic rings. The molecule has 1 aromatic heterocycles. The maximum Gasteiger partial charge on any atom is 0.337 e. The monoisotopic (exact) mass is 190 g/mol. The van der Waals surface area contributed by atoms with E-state index in [4.69, 9.17) is 4.42 Å².